The van der Waals surface area contributed by atoms with E-state index in [0.717, 1.165) is 34.6 Å². The molecule has 0 bridgehead atoms. The van der Waals surface area contributed by atoms with Crippen molar-refractivity contribution in [2.75, 3.05) is 11.9 Å². The molecule has 0 radical (unpaired) electrons. The lowest BCUT2D eigenvalue weighted by Crippen LogP contribution is -2.17. The summed E-state index contributed by atoms with van der Waals surface area (Å²) in [6.07, 6.45) is 1.55. The van der Waals surface area contributed by atoms with Gasteiger partial charge in [-0.2, -0.15) is 0 Å². The van der Waals surface area contributed by atoms with Crippen LogP contribution in [0.4, 0.5) is 5.00 Å². The fraction of sp³-hybridized carbons (Fsp3) is 0.294. The molecule has 3 rings (SSSR count). The molecule has 0 spiro atoms. The highest BCUT2D eigenvalue weighted by atomic mass is 32.1. The minimum Gasteiger partial charge on any atom is -0.493 e. The molecule has 1 aliphatic carbocycles. The Kier molecular flexibility index (Phi) is 4.09. The summed E-state index contributed by atoms with van der Waals surface area (Å²) in [5.41, 5.74) is 9.10. The number of thiophene rings is 1. The predicted molar refractivity (Wildman–Crippen MR) is 91.2 cm³/mol. The maximum Gasteiger partial charge on any atom is 0.252 e. The fourth-order valence-electron chi connectivity index (χ4n) is 2.99. The van der Waals surface area contributed by atoms with Crippen molar-refractivity contribution < 1.29 is 14.3 Å². The normalized spacial score (nSPS) is 12.3. The Morgan fingerprint density at radius 1 is 1.35 bits per heavy atom. The van der Waals surface area contributed by atoms with Crippen molar-refractivity contribution in [3.8, 4) is 16.2 Å². The van der Waals surface area contributed by atoms with E-state index in [1.807, 2.05) is 19.1 Å². The summed E-state index contributed by atoms with van der Waals surface area (Å²) in [6, 6.07) is 5.98. The molecule has 2 aromatic rings. The predicted octanol–water partition coefficient (Wildman–Crippen LogP) is 2.97. The van der Waals surface area contributed by atoms with Gasteiger partial charge in [0, 0.05) is 17.4 Å². The van der Waals surface area contributed by atoms with Crippen molar-refractivity contribution >= 4 is 28.2 Å². The van der Waals surface area contributed by atoms with Crippen LogP contribution in [-0.2, 0) is 17.6 Å². The Bertz CT molecular complexity index is 795. The number of carbonyl (C=O) groups excluding carboxylic acids is 2. The van der Waals surface area contributed by atoms with Gasteiger partial charge >= 0.3 is 0 Å². The van der Waals surface area contributed by atoms with Crippen molar-refractivity contribution in [3.05, 3.63) is 34.9 Å². The van der Waals surface area contributed by atoms with E-state index in [1.165, 1.54) is 23.8 Å². The van der Waals surface area contributed by atoms with E-state index in [2.05, 4.69) is 11.4 Å². The zero-order valence-electron chi connectivity index (χ0n) is 13.1. The number of hydrogen-bond donors (Lipinski definition) is 2. The average Bonchev–Trinajstić information content (AvgIpc) is 2.84. The first-order valence-corrected chi connectivity index (χ1v) is 8.32. The third kappa shape index (κ3) is 2.70. The lowest BCUT2D eigenvalue weighted by molar-refractivity contribution is -0.114. The van der Waals surface area contributed by atoms with Crippen LogP contribution in [0.3, 0.4) is 0 Å². The highest BCUT2D eigenvalue weighted by Gasteiger charge is 2.29. The number of benzene rings is 1. The fourth-order valence-corrected chi connectivity index (χ4v) is 4.38. The summed E-state index contributed by atoms with van der Waals surface area (Å²) in [6.45, 7) is 3.93. The first-order chi connectivity index (χ1) is 11.0. The van der Waals surface area contributed by atoms with E-state index in [1.54, 1.807) is 0 Å². The van der Waals surface area contributed by atoms with Gasteiger partial charge in [0.25, 0.3) is 5.91 Å². The van der Waals surface area contributed by atoms with Gasteiger partial charge in [-0.05, 0) is 37.0 Å². The van der Waals surface area contributed by atoms with E-state index in [4.69, 9.17) is 10.5 Å². The van der Waals surface area contributed by atoms with Crippen LogP contribution >= 0.6 is 11.3 Å². The lowest BCUT2D eigenvalue weighted by atomic mass is 9.88. The first kappa shape index (κ1) is 15.6. The number of anilines is 1. The monoisotopic (exact) mass is 330 g/mol. The molecule has 1 aromatic heterocycles. The first-order valence-electron chi connectivity index (χ1n) is 7.51. The minimum atomic E-state index is -0.511. The quantitative estimate of drug-likeness (QED) is 0.904. The number of aryl methyl sites for hydroxylation is 1. The van der Waals surface area contributed by atoms with Crippen LogP contribution in [-0.4, -0.2) is 18.4 Å². The molecule has 1 aliphatic rings. The molecule has 0 unspecified atom stereocenters. The van der Waals surface area contributed by atoms with Crippen LogP contribution in [0.5, 0.6) is 5.75 Å². The molecule has 23 heavy (non-hydrogen) atoms. The Hall–Kier alpha value is -2.34. The van der Waals surface area contributed by atoms with Crippen molar-refractivity contribution in [2.24, 2.45) is 5.73 Å². The van der Waals surface area contributed by atoms with Crippen molar-refractivity contribution in [1.82, 2.24) is 0 Å². The van der Waals surface area contributed by atoms with Crippen molar-refractivity contribution in [3.63, 3.8) is 0 Å². The molecule has 1 heterocycles. The molecule has 3 N–H and O–H groups in total. The molecule has 5 nitrogen and oxygen atoms in total. The van der Waals surface area contributed by atoms with Crippen LogP contribution in [0.25, 0.3) is 10.4 Å². The molecule has 0 atom stereocenters. The third-order valence-corrected chi connectivity index (χ3v) is 4.99. The lowest BCUT2D eigenvalue weighted by Gasteiger charge is -2.20. The number of primary amides is 1. The summed E-state index contributed by atoms with van der Waals surface area (Å²) in [4.78, 5) is 24.3. The highest BCUT2D eigenvalue weighted by molar-refractivity contribution is 7.20. The minimum absolute atomic E-state index is 0.218. The van der Waals surface area contributed by atoms with E-state index < -0.39 is 5.91 Å². The summed E-state index contributed by atoms with van der Waals surface area (Å²) in [5, 5.41) is 3.25. The molecule has 0 saturated carbocycles. The number of carbonyl (C=O) groups is 2. The molecular formula is C17H18N2O3S. The molecule has 0 aliphatic heterocycles. The van der Waals surface area contributed by atoms with Crippen LogP contribution in [0, 0.1) is 0 Å². The van der Waals surface area contributed by atoms with Gasteiger partial charge in [0.1, 0.15) is 10.8 Å². The van der Waals surface area contributed by atoms with Crippen LogP contribution < -0.4 is 15.8 Å². The largest absolute Gasteiger partial charge is 0.493 e. The smallest absolute Gasteiger partial charge is 0.252 e. The Labute approximate surface area is 138 Å². The second kappa shape index (κ2) is 6.04. The van der Waals surface area contributed by atoms with E-state index in [9.17, 15) is 9.59 Å². The zero-order valence-corrected chi connectivity index (χ0v) is 13.9. The summed E-state index contributed by atoms with van der Waals surface area (Å²) < 4.78 is 5.75. The number of fused-ring (bicyclic) bond motifs is 3. The topological polar surface area (TPSA) is 81.4 Å². The SMILES string of the molecule is CCOc1cccc2c1-c1sc(NC(C)=O)c(C(N)=O)c1CC2. The number of nitrogens with one attached hydrogen (secondary N) is 1. The van der Waals surface area contributed by atoms with E-state index in [0.29, 0.717) is 17.2 Å². The van der Waals surface area contributed by atoms with Gasteiger partial charge in [-0.1, -0.05) is 12.1 Å². The van der Waals surface area contributed by atoms with Gasteiger partial charge in [-0.3, -0.25) is 9.59 Å². The van der Waals surface area contributed by atoms with Gasteiger partial charge in [0.15, 0.2) is 0 Å². The third-order valence-electron chi connectivity index (χ3n) is 3.83. The zero-order chi connectivity index (χ0) is 16.6. The van der Waals surface area contributed by atoms with E-state index in [-0.39, 0.29) is 5.91 Å². The Morgan fingerprint density at radius 2 is 2.13 bits per heavy atom. The van der Waals surface area contributed by atoms with Gasteiger partial charge < -0.3 is 15.8 Å². The Balaban J connectivity index is 2.23. The van der Waals surface area contributed by atoms with Gasteiger partial charge in [0.05, 0.1) is 12.2 Å². The van der Waals surface area contributed by atoms with Gasteiger partial charge in [-0.25, -0.2) is 0 Å². The molecule has 6 heteroatoms. The maximum atomic E-state index is 11.9. The van der Waals surface area contributed by atoms with Crippen molar-refractivity contribution in [1.29, 1.82) is 0 Å². The number of amides is 2. The number of ether oxygens (including phenoxy) is 1. The summed E-state index contributed by atoms with van der Waals surface area (Å²) in [7, 11) is 0. The van der Waals surface area contributed by atoms with Crippen molar-refractivity contribution in [2.45, 2.75) is 26.7 Å². The summed E-state index contributed by atoms with van der Waals surface area (Å²) in [5.74, 6) is 0.0746. The number of hydrogen-bond acceptors (Lipinski definition) is 4. The number of rotatable bonds is 4. The molecular weight excluding hydrogens is 312 g/mol. The van der Waals surface area contributed by atoms with E-state index >= 15 is 0 Å². The molecule has 0 fully saturated rings. The number of nitrogens with two attached hydrogens (primary N) is 1. The maximum absolute atomic E-state index is 11.9. The molecule has 120 valence electrons. The second-order valence-corrected chi connectivity index (χ2v) is 6.40. The highest BCUT2D eigenvalue weighted by Crippen LogP contribution is 2.48. The molecule has 0 saturated heterocycles. The molecule has 1 aromatic carbocycles. The average molecular weight is 330 g/mol. The summed E-state index contributed by atoms with van der Waals surface area (Å²) >= 11 is 1.39. The standard InChI is InChI=1S/C17H18N2O3S/c1-3-22-12-6-4-5-10-7-8-11-14(16(18)21)17(19-9(2)20)23-15(11)13(10)12/h4-6H,3,7-8H2,1-2H3,(H2,18,21)(H,19,20). The van der Waals surface area contributed by atoms with Crippen LogP contribution in [0.15, 0.2) is 18.2 Å². The second-order valence-electron chi connectivity index (χ2n) is 5.38. The Morgan fingerprint density at radius 3 is 2.78 bits per heavy atom. The van der Waals surface area contributed by atoms with Crippen LogP contribution in [0.2, 0.25) is 0 Å². The van der Waals surface area contributed by atoms with Gasteiger partial charge in [-0.15, -0.1) is 11.3 Å². The van der Waals surface area contributed by atoms with Gasteiger partial charge in [0.2, 0.25) is 5.91 Å². The molecule has 2 amide bonds. The van der Waals surface area contributed by atoms with Crippen LogP contribution in [0.1, 0.15) is 35.3 Å².